The monoisotopic (exact) mass is 467 g/mol. The highest BCUT2D eigenvalue weighted by atomic mass is 35.5. The maximum absolute atomic E-state index is 12.8. The molecule has 3 rings (SSSR count). The zero-order valence-corrected chi connectivity index (χ0v) is 17.8. The van der Waals surface area contributed by atoms with E-state index in [-0.39, 0.29) is 26.9 Å². The van der Waals surface area contributed by atoms with Gasteiger partial charge in [-0.25, -0.2) is 13.2 Å². The maximum Gasteiger partial charge on any atom is 0.338 e. The highest BCUT2D eigenvalue weighted by molar-refractivity contribution is 7.92. The number of carbonyl (C=O) groups is 1. The van der Waals surface area contributed by atoms with E-state index in [0.717, 1.165) is 6.07 Å². The molecule has 0 unspecified atom stereocenters. The summed E-state index contributed by atoms with van der Waals surface area (Å²) in [6, 6.07) is 14.8. The number of carboxylic acids is 1. The van der Waals surface area contributed by atoms with E-state index in [9.17, 15) is 18.3 Å². The molecule has 0 heterocycles. The van der Waals surface area contributed by atoms with Gasteiger partial charge in [0.15, 0.2) is 0 Å². The smallest absolute Gasteiger partial charge is 0.338 e. The molecule has 0 aromatic heterocycles. The second-order valence-electron chi connectivity index (χ2n) is 5.95. The van der Waals surface area contributed by atoms with Crippen molar-refractivity contribution >= 4 is 44.9 Å². The number of benzene rings is 3. The molecule has 0 bridgehead atoms. The van der Waals surface area contributed by atoms with Crippen LogP contribution in [0.5, 0.6) is 17.2 Å². The molecule has 0 radical (unpaired) electrons. The van der Waals surface area contributed by atoms with Crippen LogP contribution in [0.4, 0.5) is 5.69 Å². The molecule has 7 nitrogen and oxygen atoms in total. The predicted molar refractivity (Wildman–Crippen MR) is 114 cm³/mol. The molecule has 0 amide bonds. The summed E-state index contributed by atoms with van der Waals surface area (Å²) in [6.45, 7) is 0. The number of anilines is 1. The Labute approximate surface area is 182 Å². The fraction of sp³-hybridized carbons (Fsp3) is 0.0500. The first-order chi connectivity index (χ1) is 14.2. The zero-order chi connectivity index (χ0) is 21.9. The maximum atomic E-state index is 12.8. The van der Waals surface area contributed by atoms with Crippen LogP contribution in [0.2, 0.25) is 10.0 Å². The van der Waals surface area contributed by atoms with Crippen molar-refractivity contribution in [3.05, 3.63) is 76.3 Å². The fourth-order valence-electron chi connectivity index (χ4n) is 2.55. The summed E-state index contributed by atoms with van der Waals surface area (Å²) in [5.74, 6) is -0.596. The number of nitrogens with one attached hydrogen (secondary N) is 1. The fourth-order valence-corrected chi connectivity index (χ4v) is 4.03. The van der Waals surface area contributed by atoms with Gasteiger partial charge in [0.05, 0.1) is 22.6 Å². The van der Waals surface area contributed by atoms with Gasteiger partial charge >= 0.3 is 5.97 Å². The van der Waals surface area contributed by atoms with Crippen LogP contribution in [0, 0.1) is 0 Å². The van der Waals surface area contributed by atoms with Crippen LogP contribution in [-0.4, -0.2) is 26.6 Å². The Morgan fingerprint density at radius 1 is 1.00 bits per heavy atom. The van der Waals surface area contributed by atoms with Gasteiger partial charge in [-0.2, -0.15) is 0 Å². The third-order valence-corrected chi connectivity index (χ3v) is 5.85. The van der Waals surface area contributed by atoms with Gasteiger partial charge < -0.3 is 14.6 Å². The quantitative estimate of drug-likeness (QED) is 0.489. The number of rotatable bonds is 7. The Hall–Kier alpha value is -2.94. The van der Waals surface area contributed by atoms with Crippen LogP contribution in [0.15, 0.2) is 65.6 Å². The number of aromatic carboxylic acids is 1. The Bertz CT molecular complexity index is 1200. The van der Waals surface area contributed by atoms with Crippen molar-refractivity contribution in [3.63, 3.8) is 0 Å². The molecular formula is C20H15Cl2NO6S. The van der Waals surface area contributed by atoms with Crippen LogP contribution in [0.1, 0.15) is 10.4 Å². The minimum absolute atomic E-state index is 0.0258. The largest absolute Gasteiger partial charge is 0.494 e. The van der Waals surface area contributed by atoms with Crippen molar-refractivity contribution in [2.45, 2.75) is 4.90 Å². The standard InChI is InChI=1S/C20H15Cl2NO6S/c1-28-18-11-12(21)10-15(20(24)25)19(18)23-30(26,27)14-8-6-13(7-9-14)29-17-5-3-2-4-16(17)22/h2-11,23H,1H3,(H,24,25). The van der Waals surface area contributed by atoms with E-state index in [1.165, 1.54) is 37.4 Å². The molecule has 0 atom stereocenters. The van der Waals surface area contributed by atoms with Gasteiger partial charge in [0, 0.05) is 11.1 Å². The van der Waals surface area contributed by atoms with E-state index < -0.39 is 16.0 Å². The third-order valence-electron chi connectivity index (χ3n) is 3.95. The first-order valence-electron chi connectivity index (χ1n) is 8.37. The summed E-state index contributed by atoms with van der Waals surface area (Å²) < 4.78 is 38.6. The Kier molecular flexibility index (Phi) is 6.40. The highest BCUT2D eigenvalue weighted by Gasteiger charge is 2.23. The molecule has 0 aliphatic carbocycles. The van der Waals surface area contributed by atoms with Crippen molar-refractivity contribution in [2.75, 3.05) is 11.8 Å². The molecule has 0 saturated heterocycles. The molecule has 3 aromatic carbocycles. The van der Waals surface area contributed by atoms with Gasteiger partial charge in [0.2, 0.25) is 0 Å². The van der Waals surface area contributed by atoms with Crippen LogP contribution >= 0.6 is 23.2 Å². The number of hydrogen-bond acceptors (Lipinski definition) is 5. The lowest BCUT2D eigenvalue weighted by atomic mass is 10.1. The lowest BCUT2D eigenvalue weighted by Gasteiger charge is -2.15. The lowest BCUT2D eigenvalue weighted by molar-refractivity contribution is 0.0697. The molecule has 0 aliphatic rings. The molecule has 2 N–H and O–H groups in total. The molecule has 30 heavy (non-hydrogen) atoms. The molecule has 0 aliphatic heterocycles. The van der Waals surface area contributed by atoms with Crippen molar-refractivity contribution in [1.29, 1.82) is 0 Å². The first kappa shape index (κ1) is 21.8. The molecule has 3 aromatic rings. The van der Waals surface area contributed by atoms with Crippen molar-refractivity contribution in [2.24, 2.45) is 0 Å². The third kappa shape index (κ3) is 4.79. The van der Waals surface area contributed by atoms with Gasteiger partial charge in [0.1, 0.15) is 22.9 Å². The number of sulfonamides is 1. The Balaban J connectivity index is 1.90. The van der Waals surface area contributed by atoms with E-state index in [0.29, 0.717) is 16.5 Å². The molecule has 0 spiro atoms. The van der Waals surface area contributed by atoms with Gasteiger partial charge in [-0.15, -0.1) is 0 Å². The van der Waals surface area contributed by atoms with Crippen LogP contribution in [0.25, 0.3) is 0 Å². The summed E-state index contributed by atoms with van der Waals surface area (Å²) in [6.07, 6.45) is 0. The van der Waals surface area contributed by atoms with E-state index >= 15 is 0 Å². The summed E-state index contributed by atoms with van der Waals surface area (Å²) >= 11 is 11.9. The van der Waals surface area contributed by atoms with E-state index in [1.54, 1.807) is 24.3 Å². The first-order valence-corrected chi connectivity index (χ1v) is 10.6. The second kappa shape index (κ2) is 8.83. The molecule has 10 heteroatoms. The number of carboxylic acid groups (broad SMARTS) is 1. The van der Waals surface area contributed by atoms with E-state index in [4.69, 9.17) is 32.7 Å². The molecule has 0 fully saturated rings. The molecule has 156 valence electrons. The second-order valence-corrected chi connectivity index (χ2v) is 8.47. The minimum Gasteiger partial charge on any atom is -0.494 e. The lowest BCUT2D eigenvalue weighted by Crippen LogP contribution is -2.16. The number of hydrogen-bond donors (Lipinski definition) is 2. The SMILES string of the molecule is COc1cc(Cl)cc(C(=O)O)c1NS(=O)(=O)c1ccc(Oc2ccccc2Cl)cc1. The molecular weight excluding hydrogens is 453 g/mol. The van der Waals surface area contributed by atoms with Gasteiger partial charge in [-0.1, -0.05) is 35.3 Å². The van der Waals surface area contributed by atoms with Crippen LogP contribution in [-0.2, 0) is 10.0 Å². The normalized spacial score (nSPS) is 11.0. The molecule has 0 saturated carbocycles. The minimum atomic E-state index is -4.13. The summed E-state index contributed by atoms with van der Waals surface area (Å²) in [5, 5.41) is 9.90. The van der Waals surface area contributed by atoms with Crippen molar-refractivity contribution in [3.8, 4) is 17.2 Å². The number of halogens is 2. The number of ether oxygens (including phenoxy) is 2. The number of para-hydroxylation sites is 1. The Morgan fingerprint density at radius 3 is 2.27 bits per heavy atom. The summed E-state index contributed by atoms with van der Waals surface area (Å²) in [5.41, 5.74) is -0.576. The van der Waals surface area contributed by atoms with Crippen LogP contribution < -0.4 is 14.2 Å². The average molecular weight is 468 g/mol. The average Bonchev–Trinajstić information content (AvgIpc) is 2.70. The zero-order valence-electron chi connectivity index (χ0n) is 15.4. The topological polar surface area (TPSA) is 102 Å². The predicted octanol–water partition coefficient (Wildman–Crippen LogP) is 5.29. The van der Waals surface area contributed by atoms with E-state index in [2.05, 4.69) is 4.72 Å². The van der Waals surface area contributed by atoms with Crippen molar-refractivity contribution < 1.29 is 27.8 Å². The summed E-state index contributed by atoms with van der Waals surface area (Å²) in [7, 11) is -2.86. The van der Waals surface area contributed by atoms with Gasteiger partial charge in [-0.05, 0) is 42.5 Å². The number of methoxy groups -OCH3 is 1. The Morgan fingerprint density at radius 2 is 1.67 bits per heavy atom. The van der Waals surface area contributed by atoms with Crippen LogP contribution in [0.3, 0.4) is 0 Å². The highest BCUT2D eigenvalue weighted by Crippen LogP contribution is 2.35. The van der Waals surface area contributed by atoms with Gasteiger partial charge in [0.25, 0.3) is 10.0 Å². The van der Waals surface area contributed by atoms with Gasteiger partial charge in [-0.3, -0.25) is 4.72 Å². The van der Waals surface area contributed by atoms with Crippen molar-refractivity contribution in [1.82, 2.24) is 0 Å². The summed E-state index contributed by atoms with van der Waals surface area (Å²) in [4.78, 5) is 11.4. The van der Waals surface area contributed by atoms with E-state index in [1.807, 2.05) is 0 Å².